The summed E-state index contributed by atoms with van der Waals surface area (Å²) >= 11 is 5.71. The molecule has 0 saturated heterocycles. The van der Waals surface area contributed by atoms with E-state index in [-0.39, 0.29) is 18.9 Å². The number of nitrogens with zero attached hydrogens (tertiary/aromatic N) is 1. The number of thiol groups is 1. The van der Waals surface area contributed by atoms with Crippen LogP contribution < -0.4 is 5.32 Å². The summed E-state index contributed by atoms with van der Waals surface area (Å²) in [5.41, 5.74) is 4.84. The number of aromatic nitrogens is 1. The summed E-state index contributed by atoms with van der Waals surface area (Å²) in [5.74, 6) is 0.469. The Morgan fingerprint density at radius 2 is 1.73 bits per heavy atom. The van der Waals surface area contributed by atoms with Gasteiger partial charge in [-0.3, -0.25) is 4.79 Å². The molecule has 0 radical (unpaired) electrons. The Kier molecular flexibility index (Phi) is 6.10. The van der Waals surface area contributed by atoms with E-state index in [1.165, 1.54) is 11.8 Å². The SMILES string of the molecule is O=C(Cc1c(-c2ccccc2)[nH]c2ccccc12)N(CCS)CC1(O)Nc2ccccc2S1. The van der Waals surface area contributed by atoms with Crippen molar-refractivity contribution in [2.45, 2.75) is 16.4 Å². The summed E-state index contributed by atoms with van der Waals surface area (Å²) in [4.78, 5) is 19.7. The number of hydrogen-bond donors (Lipinski definition) is 4. The molecule has 0 aliphatic carbocycles. The Hall–Kier alpha value is -2.87. The van der Waals surface area contributed by atoms with Crippen LogP contribution in [0.2, 0.25) is 0 Å². The smallest absolute Gasteiger partial charge is 0.227 e. The molecule has 1 atom stereocenters. The zero-order valence-corrected chi connectivity index (χ0v) is 19.7. The molecular formula is C26H25N3O2S2. The van der Waals surface area contributed by atoms with Gasteiger partial charge in [-0.2, -0.15) is 12.6 Å². The van der Waals surface area contributed by atoms with Gasteiger partial charge in [0.2, 0.25) is 11.0 Å². The molecule has 1 unspecified atom stereocenters. The van der Waals surface area contributed by atoms with Crippen molar-refractivity contribution < 1.29 is 9.90 Å². The number of carbonyl (C=O) groups excluding carboxylic acids is 1. The fourth-order valence-electron chi connectivity index (χ4n) is 4.32. The number of para-hydroxylation sites is 2. The van der Waals surface area contributed by atoms with Gasteiger partial charge in [0.1, 0.15) is 0 Å². The molecule has 33 heavy (non-hydrogen) atoms. The van der Waals surface area contributed by atoms with Gasteiger partial charge in [-0.1, -0.05) is 72.4 Å². The topological polar surface area (TPSA) is 68.4 Å². The fourth-order valence-corrected chi connectivity index (χ4v) is 5.68. The molecule has 0 fully saturated rings. The predicted molar refractivity (Wildman–Crippen MR) is 139 cm³/mol. The third-order valence-corrected chi connectivity index (χ3v) is 7.17. The van der Waals surface area contributed by atoms with Crippen LogP contribution in [0.5, 0.6) is 0 Å². The molecule has 5 rings (SSSR count). The van der Waals surface area contributed by atoms with E-state index in [2.05, 4.69) is 22.9 Å². The van der Waals surface area contributed by atoms with Crippen LogP contribution in [0.3, 0.4) is 0 Å². The molecule has 5 nitrogen and oxygen atoms in total. The molecule has 4 aromatic rings. The largest absolute Gasteiger partial charge is 0.361 e. The number of hydrogen-bond acceptors (Lipinski definition) is 5. The van der Waals surface area contributed by atoms with E-state index < -0.39 is 5.06 Å². The number of aliphatic hydroxyl groups is 1. The zero-order chi connectivity index (χ0) is 22.8. The highest BCUT2D eigenvalue weighted by Crippen LogP contribution is 2.44. The lowest BCUT2D eigenvalue weighted by Gasteiger charge is -2.31. The summed E-state index contributed by atoms with van der Waals surface area (Å²) in [7, 11) is 0. The number of benzene rings is 3. The standard InChI is InChI=1S/C26H25N3O2S2/c30-24(29(14-15-32)17-26(31)28-22-12-6-7-13-23(22)33-26)16-20-19-10-4-5-11-21(19)27-25(20)18-8-2-1-3-9-18/h1-13,27-28,31-32H,14-17H2. The number of aromatic amines is 1. The first-order valence-electron chi connectivity index (χ1n) is 10.9. The number of thioether (sulfide) groups is 1. The minimum atomic E-state index is -1.27. The van der Waals surface area contributed by atoms with Crippen molar-refractivity contribution in [2.75, 3.05) is 24.2 Å². The number of nitrogens with one attached hydrogen (secondary N) is 2. The lowest BCUT2D eigenvalue weighted by molar-refractivity contribution is -0.131. The lowest BCUT2D eigenvalue weighted by Crippen LogP contribution is -2.48. The van der Waals surface area contributed by atoms with Crippen molar-refractivity contribution >= 4 is 46.9 Å². The molecule has 3 aromatic carbocycles. The van der Waals surface area contributed by atoms with Gasteiger partial charge in [0, 0.05) is 28.1 Å². The summed E-state index contributed by atoms with van der Waals surface area (Å²) in [6.07, 6.45) is 0.232. The van der Waals surface area contributed by atoms with Crippen LogP contribution >= 0.6 is 24.4 Å². The molecule has 1 aromatic heterocycles. The van der Waals surface area contributed by atoms with Gasteiger partial charge < -0.3 is 20.3 Å². The Balaban J connectivity index is 1.43. The average molecular weight is 476 g/mol. The Morgan fingerprint density at radius 1 is 1.00 bits per heavy atom. The van der Waals surface area contributed by atoms with E-state index in [1.807, 2.05) is 78.9 Å². The van der Waals surface area contributed by atoms with Crippen LogP contribution in [0.25, 0.3) is 22.2 Å². The predicted octanol–water partition coefficient (Wildman–Crippen LogP) is 5.00. The van der Waals surface area contributed by atoms with E-state index in [4.69, 9.17) is 0 Å². The lowest BCUT2D eigenvalue weighted by atomic mass is 10.0. The third kappa shape index (κ3) is 4.49. The zero-order valence-electron chi connectivity index (χ0n) is 18.0. The first-order valence-corrected chi connectivity index (χ1v) is 12.3. The van der Waals surface area contributed by atoms with Crippen LogP contribution in [0.15, 0.2) is 83.8 Å². The van der Waals surface area contributed by atoms with Crippen LogP contribution in [-0.2, 0) is 11.2 Å². The van der Waals surface area contributed by atoms with Gasteiger partial charge in [-0.05, 0) is 29.3 Å². The number of fused-ring (bicyclic) bond motifs is 2. The maximum Gasteiger partial charge on any atom is 0.227 e. The fraction of sp³-hybridized carbons (Fsp3) is 0.192. The van der Waals surface area contributed by atoms with Gasteiger partial charge in [0.25, 0.3) is 0 Å². The molecule has 168 valence electrons. The van der Waals surface area contributed by atoms with Crippen LogP contribution in [-0.4, -0.2) is 44.8 Å². The normalized spacial score (nSPS) is 17.0. The van der Waals surface area contributed by atoms with Crippen LogP contribution in [0.4, 0.5) is 5.69 Å². The maximum absolute atomic E-state index is 13.6. The minimum absolute atomic E-state index is 0.0437. The quantitative estimate of drug-likeness (QED) is 0.284. The monoisotopic (exact) mass is 475 g/mol. The van der Waals surface area contributed by atoms with Crippen molar-refractivity contribution in [1.82, 2.24) is 9.88 Å². The minimum Gasteiger partial charge on any atom is -0.361 e. The summed E-state index contributed by atoms with van der Waals surface area (Å²) in [6.45, 7) is 0.612. The van der Waals surface area contributed by atoms with Crippen molar-refractivity contribution in [1.29, 1.82) is 0 Å². The molecule has 2 heterocycles. The van der Waals surface area contributed by atoms with E-state index in [0.717, 1.165) is 38.3 Å². The van der Waals surface area contributed by atoms with Gasteiger partial charge in [-0.25, -0.2) is 0 Å². The van der Waals surface area contributed by atoms with E-state index in [0.29, 0.717) is 12.3 Å². The van der Waals surface area contributed by atoms with Crippen LogP contribution in [0, 0.1) is 0 Å². The number of rotatable bonds is 7. The first kappa shape index (κ1) is 21.9. The van der Waals surface area contributed by atoms with Crippen molar-refractivity contribution in [3.05, 3.63) is 84.4 Å². The molecular weight excluding hydrogens is 450 g/mol. The Bertz CT molecular complexity index is 1260. The summed E-state index contributed by atoms with van der Waals surface area (Å²) in [5, 5.41) is 14.2. The second kappa shape index (κ2) is 9.17. The van der Waals surface area contributed by atoms with E-state index in [9.17, 15) is 9.90 Å². The molecule has 1 aliphatic rings. The highest BCUT2D eigenvalue weighted by atomic mass is 32.2. The maximum atomic E-state index is 13.6. The molecule has 0 bridgehead atoms. The number of amides is 1. The van der Waals surface area contributed by atoms with E-state index in [1.54, 1.807) is 4.90 Å². The second-order valence-corrected chi connectivity index (χ2v) is 9.88. The van der Waals surface area contributed by atoms with E-state index >= 15 is 0 Å². The molecule has 7 heteroatoms. The van der Waals surface area contributed by atoms with Crippen molar-refractivity contribution in [3.8, 4) is 11.3 Å². The summed E-state index contributed by atoms with van der Waals surface area (Å²) < 4.78 is 0. The molecule has 3 N–H and O–H groups in total. The van der Waals surface area contributed by atoms with Gasteiger partial charge in [0.15, 0.2) is 0 Å². The molecule has 0 spiro atoms. The number of carbonyl (C=O) groups is 1. The number of H-pyrrole nitrogens is 1. The highest BCUT2D eigenvalue weighted by Gasteiger charge is 2.38. The molecule has 1 aliphatic heterocycles. The van der Waals surface area contributed by atoms with Crippen LogP contribution in [0.1, 0.15) is 5.56 Å². The van der Waals surface area contributed by atoms with Gasteiger partial charge >= 0.3 is 0 Å². The molecule has 0 saturated carbocycles. The average Bonchev–Trinajstić information content (AvgIpc) is 3.36. The Morgan fingerprint density at radius 3 is 2.52 bits per heavy atom. The highest BCUT2D eigenvalue weighted by molar-refractivity contribution is 8.01. The third-order valence-electron chi connectivity index (χ3n) is 5.83. The van der Waals surface area contributed by atoms with Crippen molar-refractivity contribution in [3.63, 3.8) is 0 Å². The Labute approximate surface area is 202 Å². The van der Waals surface area contributed by atoms with Crippen molar-refractivity contribution in [2.24, 2.45) is 0 Å². The first-order chi connectivity index (χ1) is 16.1. The molecule has 1 amide bonds. The summed E-state index contributed by atoms with van der Waals surface area (Å²) in [6, 6.07) is 25.9. The second-order valence-electron chi connectivity index (χ2n) is 8.11. The van der Waals surface area contributed by atoms with Gasteiger partial charge in [-0.15, -0.1) is 0 Å². The number of anilines is 1. The van der Waals surface area contributed by atoms with Gasteiger partial charge in [0.05, 0.1) is 24.3 Å².